The van der Waals surface area contributed by atoms with Crippen LogP contribution in [0.15, 0.2) is 24.3 Å². The maximum atomic E-state index is 12.4. The normalized spacial score (nSPS) is 12.7. The van der Waals surface area contributed by atoms with E-state index in [1.807, 2.05) is 6.08 Å². The Morgan fingerprint density at radius 2 is 0.712 bits per heavy atom. The Morgan fingerprint density at radius 1 is 0.409 bits per heavy atom. The molecule has 2 unspecified atom stereocenters. The highest BCUT2D eigenvalue weighted by molar-refractivity contribution is 5.76. The molecular weight excluding hydrogens is 815 g/mol. The molecule has 2 atom stereocenters. The number of rotatable bonds is 55. The van der Waals surface area contributed by atoms with Crippen molar-refractivity contribution in [2.24, 2.45) is 0 Å². The Balaban J connectivity index is 3.38. The Morgan fingerprint density at radius 3 is 1.08 bits per heavy atom. The van der Waals surface area contributed by atoms with Gasteiger partial charge in [0.15, 0.2) is 0 Å². The first-order valence-corrected chi connectivity index (χ1v) is 29.6. The number of aliphatic hydroxyl groups is 2. The number of hydrogen-bond acceptors (Lipinski definition) is 5. The quantitative estimate of drug-likeness (QED) is 0.0321. The Kier molecular flexibility index (Phi) is 54.5. The molecule has 0 rings (SSSR count). The van der Waals surface area contributed by atoms with Crippen LogP contribution in [0.1, 0.15) is 322 Å². The minimum atomic E-state index is -0.842. The zero-order valence-corrected chi connectivity index (χ0v) is 44.4. The van der Waals surface area contributed by atoms with E-state index >= 15 is 0 Å². The predicted molar refractivity (Wildman–Crippen MR) is 287 cm³/mol. The average Bonchev–Trinajstić information content (AvgIpc) is 3.32. The van der Waals surface area contributed by atoms with Gasteiger partial charge >= 0.3 is 5.97 Å². The number of esters is 1. The van der Waals surface area contributed by atoms with Crippen molar-refractivity contribution >= 4 is 11.9 Å². The molecule has 0 saturated heterocycles. The van der Waals surface area contributed by atoms with Gasteiger partial charge < -0.3 is 20.3 Å². The standard InChI is InChI=1S/C60H115NO5/c1-3-5-7-9-11-13-15-17-30-34-38-42-46-50-54-60(65)66-55-51-47-43-39-35-31-28-26-24-22-20-18-19-21-23-25-27-29-33-37-41-45-49-53-59(64)61-57(56-62)58(63)52-48-44-40-36-32-16-14-12-10-8-6-4-2/h15,17,48,52,57-58,62-63H,3-14,16,18-47,49-51,53-56H2,1-2H3,(H,61,64)/b17-15-,52-48+. The Labute approximate surface area is 411 Å². The van der Waals surface area contributed by atoms with E-state index in [-0.39, 0.29) is 18.5 Å². The lowest BCUT2D eigenvalue weighted by molar-refractivity contribution is -0.143. The molecule has 6 nitrogen and oxygen atoms in total. The van der Waals surface area contributed by atoms with Crippen LogP contribution in [0.4, 0.5) is 0 Å². The van der Waals surface area contributed by atoms with Crippen LogP contribution in [0.25, 0.3) is 0 Å². The van der Waals surface area contributed by atoms with Gasteiger partial charge in [0.2, 0.25) is 5.91 Å². The van der Waals surface area contributed by atoms with Gasteiger partial charge in [-0.15, -0.1) is 0 Å². The van der Waals surface area contributed by atoms with Gasteiger partial charge in [0.25, 0.3) is 0 Å². The highest BCUT2D eigenvalue weighted by atomic mass is 16.5. The second-order valence-corrected chi connectivity index (χ2v) is 20.3. The third kappa shape index (κ3) is 51.7. The van der Waals surface area contributed by atoms with Crippen molar-refractivity contribution < 1.29 is 24.5 Å². The van der Waals surface area contributed by atoms with E-state index < -0.39 is 12.1 Å². The summed E-state index contributed by atoms with van der Waals surface area (Å²) in [7, 11) is 0. The second kappa shape index (κ2) is 55.9. The molecule has 0 fully saturated rings. The number of allylic oxidation sites excluding steroid dienone is 3. The molecule has 0 bridgehead atoms. The lowest BCUT2D eigenvalue weighted by Crippen LogP contribution is -2.45. The van der Waals surface area contributed by atoms with Gasteiger partial charge in [-0.1, -0.05) is 276 Å². The molecule has 0 heterocycles. The average molecular weight is 931 g/mol. The van der Waals surface area contributed by atoms with Crippen molar-refractivity contribution in [2.45, 2.75) is 334 Å². The molecule has 0 aliphatic rings. The minimum Gasteiger partial charge on any atom is -0.466 e. The SMILES string of the molecule is CCCCCCC/C=C\CCCCCCCC(=O)OCCCCCCCCCCCCCCCCCCCCCCCCCC(=O)NC(CO)C(O)/C=C/CCCCCCCCCCCC. The summed E-state index contributed by atoms with van der Waals surface area (Å²) in [5.74, 6) is -0.0621. The summed E-state index contributed by atoms with van der Waals surface area (Å²) < 4.78 is 5.48. The molecule has 0 aromatic carbocycles. The van der Waals surface area contributed by atoms with Crippen LogP contribution in [0.2, 0.25) is 0 Å². The van der Waals surface area contributed by atoms with E-state index in [1.165, 1.54) is 250 Å². The molecule has 0 radical (unpaired) electrons. The first kappa shape index (κ1) is 64.3. The summed E-state index contributed by atoms with van der Waals surface area (Å²) in [6, 6.07) is -0.626. The predicted octanol–water partition coefficient (Wildman–Crippen LogP) is 18.2. The van der Waals surface area contributed by atoms with Crippen LogP contribution in [-0.4, -0.2) is 47.4 Å². The van der Waals surface area contributed by atoms with Gasteiger partial charge in [0.05, 0.1) is 25.4 Å². The molecule has 0 aromatic heterocycles. The largest absolute Gasteiger partial charge is 0.466 e. The van der Waals surface area contributed by atoms with Gasteiger partial charge in [0.1, 0.15) is 0 Å². The summed E-state index contributed by atoms with van der Waals surface area (Å²) in [6.07, 6.45) is 67.8. The molecule has 1 amide bonds. The van der Waals surface area contributed by atoms with Gasteiger partial charge in [-0.25, -0.2) is 0 Å². The summed E-state index contributed by atoms with van der Waals surface area (Å²) in [6.45, 7) is 4.89. The van der Waals surface area contributed by atoms with Gasteiger partial charge in [-0.2, -0.15) is 0 Å². The van der Waals surface area contributed by atoms with Crippen LogP contribution in [0.5, 0.6) is 0 Å². The van der Waals surface area contributed by atoms with E-state index in [2.05, 4.69) is 31.3 Å². The molecule has 66 heavy (non-hydrogen) atoms. The fourth-order valence-corrected chi connectivity index (χ4v) is 9.16. The summed E-state index contributed by atoms with van der Waals surface area (Å²) in [4.78, 5) is 24.5. The zero-order valence-electron chi connectivity index (χ0n) is 44.4. The monoisotopic (exact) mass is 930 g/mol. The Bertz CT molecular complexity index is 1030. The number of carbonyl (C=O) groups is 2. The van der Waals surface area contributed by atoms with Crippen molar-refractivity contribution in [3.63, 3.8) is 0 Å². The van der Waals surface area contributed by atoms with Crippen LogP contribution in [-0.2, 0) is 14.3 Å². The Hall–Kier alpha value is -1.66. The first-order valence-electron chi connectivity index (χ1n) is 29.6. The minimum absolute atomic E-state index is 0.00536. The van der Waals surface area contributed by atoms with Crippen molar-refractivity contribution in [1.82, 2.24) is 5.32 Å². The first-order chi connectivity index (χ1) is 32.5. The molecule has 0 aromatic rings. The summed E-state index contributed by atoms with van der Waals surface area (Å²) in [5, 5.41) is 23.0. The van der Waals surface area contributed by atoms with E-state index in [1.54, 1.807) is 6.08 Å². The lowest BCUT2D eigenvalue weighted by atomic mass is 10.0. The summed E-state index contributed by atoms with van der Waals surface area (Å²) in [5.41, 5.74) is 0. The number of carbonyl (C=O) groups excluding carboxylic acids is 2. The topological polar surface area (TPSA) is 95.9 Å². The third-order valence-corrected chi connectivity index (χ3v) is 13.7. The molecular formula is C60H115NO5. The van der Waals surface area contributed by atoms with E-state index in [9.17, 15) is 19.8 Å². The van der Waals surface area contributed by atoms with Crippen LogP contribution < -0.4 is 5.32 Å². The van der Waals surface area contributed by atoms with Crippen LogP contribution in [0.3, 0.4) is 0 Å². The third-order valence-electron chi connectivity index (χ3n) is 13.7. The van der Waals surface area contributed by atoms with E-state index in [4.69, 9.17) is 4.74 Å². The lowest BCUT2D eigenvalue weighted by Gasteiger charge is -2.20. The van der Waals surface area contributed by atoms with Crippen LogP contribution in [0, 0.1) is 0 Å². The highest BCUT2D eigenvalue weighted by Crippen LogP contribution is 2.17. The van der Waals surface area contributed by atoms with Crippen LogP contribution >= 0.6 is 0 Å². The van der Waals surface area contributed by atoms with Crippen molar-refractivity contribution in [3.05, 3.63) is 24.3 Å². The highest BCUT2D eigenvalue weighted by Gasteiger charge is 2.18. The van der Waals surface area contributed by atoms with Crippen molar-refractivity contribution in [1.29, 1.82) is 0 Å². The smallest absolute Gasteiger partial charge is 0.305 e. The van der Waals surface area contributed by atoms with Crippen molar-refractivity contribution in [3.8, 4) is 0 Å². The fourth-order valence-electron chi connectivity index (χ4n) is 9.16. The maximum Gasteiger partial charge on any atom is 0.305 e. The maximum absolute atomic E-state index is 12.4. The zero-order chi connectivity index (χ0) is 47.9. The number of ether oxygens (including phenoxy) is 1. The molecule has 6 heteroatoms. The molecule has 0 aliphatic carbocycles. The number of amides is 1. The fraction of sp³-hybridized carbons (Fsp3) is 0.900. The molecule has 0 aliphatic heterocycles. The second-order valence-electron chi connectivity index (χ2n) is 20.3. The molecule has 3 N–H and O–H groups in total. The number of aliphatic hydroxyl groups excluding tert-OH is 2. The number of hydrogen-bond donors (Lipinski definition) is 3. The van der Waals surface area contributed by atoms with Gasteiger partial charge in [-0.05, 0) is 57.8 Å². The van der Waals surface area contributed by atoms with Crippen molar-refractivity contribution in [2.75, 3.05) is 13.2 Å². The van der Waals surface area contributed by atoms with Gasteiger partial charge in [-0.3, -0.25) is 9.59 Å². The summed E-state index contributed by atoms with van der Waals surface area (Å²) >= 11 is 0. The van der Waals surface area contributed by atoms with E-state index in [0.717, 1.165) is 44.9 Å². The molecule has 0 spiro atoms. The van der Waals surface area contributed by atoms with Gasteiger partial charge in [0, 0.05) is 12.8 Å². The molecule has 390 valence electrons. The number of unbranched alkanes of at least 4 members (excludes halogenated alkanes) is 42. The van der Waals surface area contributed by atoms with E-state index in [0.29, 0.717) is 19.4 Å². The molecule has 0 saturated carbocycles. The number of nitrogens with one attached hydrogen (secondary N) is 1.